The number of nitrogens with one attached hydrogen (secondary N) is 1. The van der Waals surface area contributed by atoms with Gasteiger partial charge in [0.2, 0.25) is 11.8 Å². The molecule has 10 nitrogen and oxygen atoms in total. The minimum atomic E-state index is -0.772. The highest BCUT2D eigenvalue weighted by atomic mass is 16.5. The van der Waals surface area contributed by atoms with E-state index in [-0.39, 0.29) is 52.5 Å². The molecule has 1 N–H and O–H groups in total. The van der Waals surface area contributed by atoms with Crippen molar-refractivity contribution in [3.05, 3.63) is 39.9 Å². The van der Waals surface area contributed by atoms with Crippen LogP contribution in [-0.4, -0.2) is 52.3 Å². The number of aromatic nitrogens is 2. The van der Waals surface area contributed by atoms with Gasteiger partial charge in [0.25, 0.3) is 5.56 Å². The van der Waals surface area contributed by atoms with Crippen LogP contribution in [0.15, 0.2) is 23.0 Å². The van der Waals surface area contributed by atoms with Gasteiger partial charge in [0.1, 0.15) is 19.0 Å². The Morgan fingerprint density at radius 1 is 1.13 bits per heavy atom. The van der Waals surface area contributed by atoms with E-state index in [1.165, 1.54) is 25.3 Å². The number of carbonyl (C=O) groups is 4. The first-order chi connectivity index (χ1) is 14.9. The van der Waals surface area contributed by atoms with Crippen LogP contribution < -0.4 is 5.56 Å². The number of hydrogen-bond acceptors (Lipinski definition) is 8. The van der Waals surface area contributed by atoms with Crippen molar-refractivity contribution in [2.75, 3.05) is 13.7 Å². The fraction of sp³-hybridized carbons (Fsp3) is 0.429. The third-order valence-corrected chi connectivity index (χ3v) is 5.77. The Balaban J connectivity index is 1.44. The first-order valence-corrected chi connectivity index (χ1v) is 10.0. The lowest BCUT2D eigenvalue weighted by Crippen LogP contribution is -2.36. The summed E-state index contributed by atoms with van der Waals surface area (Å²) < 4.78 is 9.79. The van der Waals surface area contributed by atoms with E-state index in [4.69, 9.17) is 4.74 Å². The lowest BCUT2D eigenvalue weighted by molar-refractivity contribution is -0.154. The van der Waals surface area contributed by atoms with Crippen molar-refractivity contribution in [3.8, 4) is 0 Å². The van der Waals surface area contributed by atoms with Crippen LogP contribution in [0, 0.1) is 11.8 Å². The summed E-state index contributed by atoms with van der Waals surface area (Å²) in [5.74, 6) is -2.59. The number of fused-ring (bicyclic) bond motifs is 2. The van der Waals surface area contributed by atoms with Crippen LogP contribution in [-0.2, 0) is 30.5 Å². The number of imide groups is 1. The number of methoxy groups -OCH3 is 1. The topological polar surface area (TPSA) is 136 Å². The average molecular weight is 427 g/mol. The first-order valence-electron chi connectivity index (χ1n) is 10.0. The molecular weight excluding hydrogens is 406 g/mol. The molecule has 2 aromatic rings. The van der Waals surface area contributed by atoms with Crippen LogP contribution in [0.5, 0.6) is 0 Å². The summed E-state index contributed by atoms with van der Waals surface area (Å²) in [4.78, 5) is 68.8. The van der Waals surface area contributed by atoms with Crippen LogP contribution in [0.2, 0.25) is 0 Å². The Labute approximate surface area is 176 Å². The molecule has 0 unspecified atom stereocenters. The normalized spacial score (nSPS) is 20.6. The second kappa shape index (κ2) is 8.29. The average Bonchev–Trinajstić information content (AvgIpc) is 3.02. The molecule has 1 saturated heterocycles. The number of esters is 2. The predicted octanol–water partition coefficient (Wildman–Crippen LogP) is 0.928. The molecule has 0 bridgehead atoms. The van der Waals surface area contributed by atoms with Gasteiger partial charge >= 0.3 is 11.9 Å². The summed E-state index contributed by atoms with van der Waals surface area (Å²) in [5, 5.41) is 0.263. The quantitative estimate of drug-likeness (QED) is 0.550. The van der Waals surface area contributed by atoms with Crippen molar-refractivity contribution >= 4 is 34.7 Å². The van der Waals surface area contributed by atoms with Crippen molar-refractivity contribution in [2.45, 2.75) is 32.3 Å². The number of ether oxygens (including phenoxy) is 2. The maximum Gasteiger partial charge on any atom is 0.337 e. The Kier molecular flexibility index (Phi) is 5.53. The minimum Gasteiger partial charge on any atom is -0.465 e. The molecule has 2 heterocycles. The van der Waals surface area contributed by atoms with E-state index in [0.29, 0.717) is 12.8 Å². The van der Waals surface area contributed by atoms with Crippen LogP contribution in [0.25, 0.3) is 10.9 Å². The summed E-state index contributed by atoms with van der Waals surface area (Å²) in [6.45, 7) is -0.815. The lowest BCUT2D eigenvalue weighted by atomic mass is 9.81. The van der Waals surface area contributed by atoms with Crippen molar-refractivity contribution in [1.29, 1.82) is 0 Å². The van der Waals surface area contributed by atoms with Gasteiger partial charge in [-0.1, -0.05) is 12.8 Å². The maximum absolute atomic E-state index is 12.5. The molecule has 2 atom stereocenters. The highest BCUT2D eigenvalue weighted by Crippen LogP contribution is 2.37. The summed E-state index contributed by atoms with van der Waals surface area (Å²) in [5.41, 5.74) is 0.0108. The molecule has 10 heteroatoms. The summed E-state index contributed by atoms with van der Waals surface area (Å²) in [6.07, 6.45) is 3.13. The zero-order chi connectivity index (χ0) is 22.1. The number of rotatable bonds is 5. The van der Waals surface area contributed by atoms with Gasteiger partial charge in [-0.15, -0.1) is 0 Å². The maximum atomic E-state index is 12.5. The molecule has 2 aliphatic rings. The minimum absolute atomic E-state index is 0.0700. The van der Waals surface area contributed by atoms with E-state index in [0.717, 1.165) is 17.7 Å². The molecule has 0 radical (unpaired) electrons. The second-order valence-electron chi connectivity index (χ2n) is 7.66. The van der Waals surface area contributed by atoms with Crippen molar-refractivity contribution in [1.82, 2.24) is 14.9 Å². The molecule has 4 rings (SSSR count). The first kappa shape index (κ1) is 20.7. The zero-order valence-corrected chi connectivity index (χ0v) is 16.9. The zero-order valence-electron chi connectivity index (χ0n) is 16.9. The Bertz CT molecular complexity index is 1120. The van der Waals surface area contributed by atoms with Gasteiger partial charge in [0.05, 0.1) is 35.4 Å². The van der Waals surface area contributed by atoms with Crippen molar-refractivity contribution in [2.24, 2.45) is 11.8 Å². The third-order valence-electron chi connectivity index (χ3n) is 5.77. The number of benzene rings is 1. The van der Waals surface area contributed by atoms with E-state index in [2.05, 4.69) is 14.7 Å². The largest absolute Gasteiger partial charge is 0.465 e. The number of carbonyl (C=O) groups excluding carboxylic acids is 4. The highest BCUT2D eigenvalue weighted by Gasteiger charge is 2.48. The summed E-state index contributed by atoms with van der Waals surface area (Å²) in [6, 6.07) is 4.31. The number of aromatic amines is 1. The van der Waals surface area contributed by atoms with Crippen LogP contribution in [0.4, 0.5) is 0 Å². The van der Waals surface area contributed by atoms with E-state index in [1.54, 1.807) is 0 Å². The van der Waals surface area contributed by atoms with E-state index in [1.807, 2.05) is 0 Å². The molecule has 2 fully saturated rings. The monoisotopic (exact) mass is 427 g/mol. The second-order valence-corrected chi connectivity index (χ2v) is 7.66. The molecule has 2 amide bonds. The number of amides is 2. The van der Waals surface area contributed by atoms with E-state index in [9.17, 15) is 24.0 Å². The van der Waals surface area contributed by atoms with Gasteiger partial charge in [0.15, 0.2) is 0 Å². The van der Waals surface area contributed by atoms with Gasteiger partial charge in [0, 0.05) is 0 Å². The Hall–Kier alpha value is -3.56. The third kappa shape index (κ3) is 3.92. The van der Waals surface area contributed by atoms with Gasteiger partial charge in [-0.2, -0.15) is 0 Å². The standard InChI is InChI=1S/C21H21N3O7/c1-30-21(29)11-6-7-14-15(8-11)22-16(23-18(14)26)10-31-17(25)9-24-19(27)12-4-2-3-5-13(12)20(24)28/h6-8,12-13H,2-5,9-10H2,1H3,(H,22,23,26)/t12-,13+. The SMILES string of the molecule is COC(=O)c1ccc2c(=O)[nH]c(COC(=O)CN3C(=O)[C@H]4CCCC[C@H]4C3=O)nc2c1. The molecule has 1 aromatic heterocycles. The summed E-state index contributed by atoms with van der Waals surface area (Å²) >= 11 is 0. The van der Waals surface area contributed by atoms with Gasteiger partial charge < -0.3 is 14.5 Å². The summed E-state index contributed by atoms with van der Waals surface area (Å²) in [7, 11) is 1.24. The van der Waals surface area contributed by atoms with Gasteiger partial charge in [-0.25, -0.2) is 9.78 Å². The van der Waals surface area contributed by atoms with Gasteiger partial charge in [-0.05, 0) is 31.0 Å². The number of likely N-dealkylation sites (tertiary alicyclic amines) is 1. The van der Waals surface area contributed by atoms with E-state index >= 15 is 0 Å². The fourth-order valence-corrected chi connectivity index (χ4v) is 4.21. The van der Waals surface area contributed by atoms with Crippen LogP contribution in [0.1, 0.15) is 41.9 Å². The predicted molar refractivity (Wildman–Crippen MR) is 106 cm³/mol. The smallest absolute Gasteiger partial charge is 0.337 e. The Morgan fingerprint density at radius 3 is 2.45 bits per heavy atom. The molecule has 1 aliphatic heterocycles. The van der Waals surface area contributed by atoms with Crippen LogP contribution in [0.3, 0.4) is 0 Å². The highest BCUT2D eigenvalue weighted by molar-refractivity contribution is 6.07. The molecule has 1 aliphatic carbocycles. The fourth-order valence-electron chi connectivity index (χ4n) is 4.21. The van der Waals surface area contributed by atoms with Crippen molar-refractivity contribution < 1.29 is 28.7 Å². The lowest BCUT2D eigenvalue weighted by Gasteiger charge is -2.19. The molecule has 31 heavy (non-hydrogen) atoms. The van der Waals surface area contributed by atoms with E-state index < -0.39 is 24.0 Å². The molecular formula is C21H21N3O7. The Morgan fingerprint density at radius 2 is 1.81 bits per heavy atom. The molecule has 162 valence electrons. The van der Waals surface area contributed by atoms with Crippen LogP contribution >= 0.6 is 0 Å². The number of nitrogens with zero attached hydrogens (tertiary/aromatic N) is 2. The molecule has 1 aromatic carbocycles. The van der Waals surface area contributed by atoms with Crippen molar-refractivity contribution in [3.63, 3.8) is 0 Å². The van der Waals surface area contributed by atoms with Gasteiger partial charge in [-0.3, -0.25) is 24.1 Å². The molecule has 1 saturated carbocycles. The number of hydrogen-bond donors (Lipinski definition) is 1. The number of H-pyrrole nitrogens is 1. The molecule has 0 spiro atoms.